The monoisotopic (exact) mass is 1220 g/mol. The Kier molecular flexibility index (Phi) is 13.6. The van der Waals surface area contributed by atoms with Gasteiger partial charge in [0.1, 0.15) is 6.07 Å². The highest BCUT2D eigenvalue weighted by atomic mass is 15.2. The zero-order chi connectivity index (χ0) is 63.6. The van der Waals surface area contributed by atoms with Crippen LogP contribution in [0.3, 0.4) is 0 Å². The molecule has 2 aromatic heterocycles. The predicted octanol–water partition coefficient (Wildman–Crippen LogP) is 20.3. The Hall–Kier alpha value is -13.0. The number of para-hydroxylation sites is 4. The first kappa shape index (κ1) is 55.9. The first-order valence-electron chi connectivity index (χ1n) is 32.5. The number of benzene rings is 14. The molecule has 446 valence electrons. The number of nitrogens with zero attached hydrogens (tertiary/aromatic N) is 7. The molecule has 96 heavy (non-hydrogen) atoms. The second-order valence-electron chi connectivity index (χ2n) is 24.6. The van der Waals surface area contributed by atoms with Crippen LogP contribution in [0.4, 0.5) is 34.1 Å². The Balaban J connectivity index is 0.903. The number of nitriles is 1. The fraction of sp³-hybridized carbons (Fsp3) is 0. The summed E-state index contributed by atoms with van der Waals surface area (Å²) in [4.78, 5) is 20.6. The topological polar surface area (TPSA) is 73.9 Å². The van der Waals surface area contributed by atoms with Gasteiger partial charge in [-0.25, -0.2) is 15.0 Å². The lowest BCUT2D eigenvalue weighted by Crippen LogP contribution is -2.61. The molecule has 0 aliphatic carbocycles. The molecule has 7 nitrogen and oxygen atoms in total. The summed E-state index contributed by atoms with van der Waals surface area (Å²) in [7, 11) is 0. The summed E-state index contributed by atoms with van der Waals surface area (Å²) in [5, 5.41) is 13.3. The van der Waals surface area contributed by atoms with Crippen molar-refractivity contribution in [2.75, 3.05) is 9.80 Å². The van der Waals surface area contributed by atoms with Gasteiger partial charge in [-0.05, 0) is 163 Å². The zero-order valence-corrected chi connectivity index (χ0v) is 52.0. The van der Waals surface area contributed by atoms with Crippen LogP contribution in [0.15, 0.2) is 340 Å². The van der Waals surface area contributed by atoms with Crippen molar-refractivity contribution in [1.82, 2.24) is 19.5 Å². The minimum absolute atomic E-state index is 0.118. The largest absolute Gasteiger partial charge is 0.311 e. The van der Waals surface area contributed by atoms with Gasteiger partial charge >= 0.3 is 0 Å². The van der Waals surface area contributed by atoms with Crippen molar-refractivity contribution in [3.05, 3.63) is 345 Å². The van der Waals surface area contributed by atoms with Crippen LogP contribution in [-0.4, -0.2) is 26.2 Å². The minimum atomic E-state index is -0.118. The van der Waals surface area contributed by atoms with Crippen molar-refractivity contribution in [2.24, 2.45) is 0 Å². The summed E-state index contributed by atoms with van der Waals surface area (Å²) in [5.41, 5.74) is 26.9. The maximum absolute atomic E-state index is 11.3. The van der Waals surface area contributed by atoms with E-state index in [1.807, 2.05) is 78.9 Å². The number of anilines is 6. The van der Waals surface area contributed by atoms with Crippen LogP contribution in [-0.2, 0) is 0 Å². The molecular weight excluding hydrogens is 1170 g/mol. The molecule has 0 N–H and O–H groups in total. The van der Waals surface area contributed by atoms with E-state index in [0.717, 1.165) is 123 Å². The molecule has 0 amide bonds. The van der Waals surface area contributed by atoms with Gasteiger partial charge in [-0.2, -0.15) is 5.26 Å². The van der Waals surface area contributed by atoms with Gasteiger partial charge in [0.15, 0.2) is 17.5 Å². The third kappa shape index (κ3) is 9.56. The van der Waals surface area contributed by atoms with Crippen LogP contribution in [0.1, 0.15) is 5.56 Å². The van der Waals surface area contributed by atoms with E-state index >= 15 is 0 Å². The molecule has 0 bridgehead atoms. The predicted molar refractivity (Wildman–Crippen MR) is 396 cm³/mol. The summed E-state index contributed by atoms with van der Waals surface area (Å²) in [6.45, 7) is -0.118. The van der Waals surface area contributed by atoms with Crippen LogP contribution in [0.25, 0.3) is 117 Å². The Labute approximate surface area is 557 Å². The van der Waals surface area contributed by atoms with Crippen LogP contribution >= 0.6 is 0 Å². The number of hydrogen-bond donors (Lipinski definition) is 0. The van der Waals surface area contributed by atoms with Gasteiger partial charge in [-0.3, -0.25) is 0 Å². The van der Waals surface area contributed by atoms with Crippen LogP contribution in [0.5, 0.6) is 0 Å². The fourth-order valence-corrected chi connectivity index (χ4v) is 14.7. The number of aromatic nitrogens is 4. The first-order chi connectivity index (χ1) is 47.6. The number of fused-ring (bicyclic) bond motifs is 7. The molecule has 0 radical (unpaired) electrons. The van der Waals surface area contributed by atoms with Gasteiger partial charge in [0.05, 0.1) is 22.3 Å². The standard InChI is InChI=1S/C88H56BN7/c90-57-65-38-25-40-74(88-92-86(62-34-15-5-16-35-62)91-87(93-88)63-36-17-6-18-37-63)85(65)96-78-43-22-19-39-73(78)75-54-64(46-47-79(75)96)70-55-82-84-83(56-70)95(72-52-68(60-30-11-3-12-31-60)49-69(53-72)61-32-13-4-14-33-61)81-45-24-21-42-77(81)89(84)76-41-20-23-44-80(76)94(82)71-50-66(58-26-7-1-8-27-58)48-67(51-71)59-28-9-2-10-29-59/h1-56H. The van der Waals surface area contributed by atoms with Crippen molar-refractivity contribution in [3.63, 3.8) is 0 Å². The highest BCUT2D eigenvalue weighted by Gasteiger charge is 2.44. The number of hydrogen-bond acceptors (Lipinski definition) is 6. The Morgan fingerprint density at radius 2 is 0.677 bits per heavy atom. The van der Waals surface area contributed by atoms with Gasteiger partial charge in [-0.1, -0.05) is 249 Å². The fourth-order valence-electron chi connectivity index (χ4n) is 14.7. The molecule has 0 spiro atoms. The van der Waals surface area contributed by atoms with E-state index < -0.39 is 0 Å². The highest BCUT2D eigenvalue weighted by molar-refractivity contribution is 7.00. The molecule has 0 fully saturated rings. The summed E-state index contributed by atoms with van der Waals surface area (Å²) >= 11 is 0. The summed E-state index contributed by atoms with van der Waals surface area (Å²) in [5.74, 6) is 1.55. The molecule has 2 aliphatic rings. The third-order valence-electron chi connectivity index (χ3n) is 19.0. The molecule has 0 unspecified atom stereocenters. The lowest BCUT2D eigenvalue weighted by Gasteiger charge is -2.44. The van der Waals surface area contributed by atoms with Gasteiger partial charge in [0, 0.05) is 61.6 Å². The molecular formula is C88H56BN7. The first-order valence-corrected chi connectivity index (χ1v) is 32.5. The van der Waals surface area contributed by atoms with Crippen molar-refractivity contribution < 1.29 is 0 Å². The van der Waals surface area contributed by atoms with Gasteiger partial charge in [0.25, 0.3) is 6.71 Å². The SMILES string of the molecule is N#Cc1cccc(-c2nc(-c3ccccc3)nc(-c3ccccc3)n2)c1-n1c2ccccc2c2cc(-c3cc4c5c(c3)N(c3cc(-c6ccccc6)cc(-c6ccccc6)c3)c3ccccc3B5c3ccccc3N4c3cc(-c4ccccc4)cc(-c4ccccc4)c3)ccc21. The second-order valence-corrected chi connectivity index (χ2v) is 24.6. The average Bonchev–Trinajstić information content (AvgIpc) is 0.715. The molecule has 8 heteroatoms. The molecule has 0 saturated carbocycles. The summed E-state index contributed by atoms with van der Waals surface area (Å²) in [6, 6.07) is 124. The minimum Gasteiger partial charge on any atom is -0.311 e. The Morgan fingerprint density at radius 1 is 0.281 bits per heavy atom. The van der Waals surface area contributed by atoms with Crippen LogP contribution in [0, 0.1) is 11.3 Å². The lowest BCUT2D eigenvalue weighted by molar-refractivity contribution is 1.06. The van der Waals surface area contributed by atoms with Gasteiger partial charge < -0.3 is 14.4 Å². The molecule has 2 aliphatic heterocycles. The van der Waals surface area contributed by atoms with E-state index in [1.54, 1.807) is 0 Å². The lowest BCUT2D eigenvalue weighted by atomic mass is 9.33. The number of rotatable bonds is 11. The zero-order valence-electron chi connectivity index (χ0n) is 52.0. The van der Waals surface area contributed by atoms with E-state index in [1.165, 1.54) is 16.4 Å². The molecule has 16 aromatic rings. The quantitative estimate of drug-likeness (QED) is 0.120. The van der Waals surface area contributed by atoms with Crippen LogP contribution in [0.2, 0.25) is 0 Å². The maximum atomic E-state index is 11.3. The second kappa shape index (κ2) is 23.3. The summed E-state index contributed by atoms with van der Waals surface area (Å²) in [6.07, 6.45) is 0. The van der Waals surface area contributed by atoms with Crippen LogP contribution < -0.4 is 26.2 Å². The highest BCUT2D eigenvalue weighted by Crippen LogP contribution is 2.50. The van der Waals surface area contributed by atoms with E-state index in [9.17, 15) is 5.26 Å². The maximum Gasteiger partial charge on any atom is 0.252 e. The smallest absolute Gasteiger partial charge is 0.252 e. The molecule has 0 saturated heterocycles. The Morgan fingerprint density at radius 3 is 1.15 bits per heavy atom. The van der Waals surface area contributed by atoms with Gasteiger partial charge in [-0.15, -0.1) is 0 Å². The third-order valence-corrected chi connectivity index (χ3v) is 19.0. The van der Waals surface area contributed by atoms with Crippen molar-refractivity contribution in [3.8, 4) is 102 Å². The van der Waals surface area contributed by atoms with Crippen molar-refractivity contribution in [1.29, 1.82) is 5.26 Å². The van der Waals surface area contributed by atoms with E-state index in [4.69, 9.17) is 15.0 Å². The summed E-state index contributed by atoms with van der Waals surface area (Å²) < 4.78 is 2.24. The molecule has 0 atom stereocenters. The van der Waals surface area contributed by atoms with E-state index in [0.29, 0.717) is 34.3 Å². The van der Waals surface area contributed by atoms with E-state index in [2.05, 4.69) is 281 Å². The molecule has 14 aromatic carbocycles. The van der Waals surface area contributed by atoms with Gasteiger partial charge in [0.2, 0.25) is 0 Å². The normalized spacial score (nSPS) is 12.1. The van der Waals surface area contributed by atoms with Crippen molar-refractivity contribution >= 4 is 79.0 Å². The average molecular weight is 1220 g/mol. The Bertz CT molecular complexity index is 5360. The van der Waals surface area contributed by atoms with Crippen molar-refractivity contribution in [2.45, 2.75) is 0 Å². The van der Waals surface area contributed by atoms with E-state index in [-0.39, 0.29) is 6.71 Å². The molecule has 18 rings (SSSR count). The molecule has 4 heterocycles.